The van der Waals surface area contributed by atoms with Gasteiger partial charge < -0.3 is 19.2 Å². The maximum Gasteiger partial charge on any atom is 0.254 e. The maximum absolute atomic E-state index is 12.9. The molecule has 0 radical (unpaired) electrons. The van der Waals surface area contributed by atoms with Crippen LogP contribution in [0.2, 0.25) is 0 Å². The van der Waals surface area contributed by atoms with Crippen molar-refractivity contribution in [1.29, 1.82) is 0 Å². The molecule has 1 saturated carbocycles. The molecular formula is C24H27N5O2. The maximum atomic E-state index is 12.9. The number of amides is 1. The second kappa shape index (κ2) is 8.06. The molecule has 7 nitrogen and oxygen atoms in total. The Morgan fingerprint density at radius 3 is 2.45 bits per heavy atom. The summed E-state index contributed by atoms with van der Waals surface area (Å²) in [5.74, 6) is 1.98. The Labute approximate surface area is 182 Å². The predicted molar refractivity (Wildman–Crippen MR) is 121 cm³/mol. The van der Waals surface area contributed by atoms with Crippen molar-refractivity contribution < 1.29 is 9.32 Å². The molecule has 5 rings (SSSR count). The summed E-state index contributed by atoms with van der Waals surface area (Å²) < 4.78 is 5.37. The van der Waals surface area contributed by atoms with E-state index in [1.807, 2.05) is 60.3 Å². The first-order valence-corrected chi connectivity index (χ1v) is 10.8. The molecule has 2 aliphatic rings. The highest BCUT2D eigenvalue weighted by Gasteiger charge is 2.30. The molecule has 0 unspecified atom stereocenters. The molecule has 1 saturated heterocycles. The highest BCUT2D eigenvalue weighted by molar-refractivity contribution is 5.95. The Balaban J connectivity index is 1.21. The fraction of sp³-hybridized carbons (Fsp3) is 0.375. The van der Waals surface area contributed by atoms with Gasteiger partial charge in [0.2, 0.25) is 11.7 Å². The topological polar surface area (TPSA) is 65.7 Å². The van der Waals surface area contributed by atoms with E-state index in [1.165, 1.54) is 0 Å². The fourth-order valence-electron chi connectivity index (χ4n) is 3.94. The molecule has 0 spiro atoms. The van der Waals surface area contributed by atoms with Gasteiger partial charge in [0, 0.05) is 68.7 Å². The lowest BCUT2D eigenvalue weighted by Crippen LogP contribution is -2.48. The normalized spacial score (nSPS) is 16.5. The van der Waals surface area contributed by atoms with Gasteiger partial charge in [-0.3, -0.25) is 4.79 Å². The first-order chi connectivity index (χ1) is 15.1. The Morgan fingerprint density at radius 1 is 1.03 bits per heavy atom. The lowest BCUT2D eigenvalue weighted by molar-refractivity contribution is 0.0747. The summed E-state index contributed by atoms with van der Waals surface area (Å²) in [6, 6.07) is 16.1. The number of nitrogens with zero attached hydrogens (tertiary/aromatic N) is 5. The number of aromatic nitrogens is 2. The van der Waals surface area contributed by atoms with Crippen molar-refractivity contribution in [3.63, 3.8) is 0 Å². The average molecular weight is 418 g/mol. The third-order valence-electron chi connectivity index (χ3n) is 6.04. The fourth-order valence-corrected chi connectivity index (χ4v) is 3.94. The van der Waals surface area contributed by atoms with E-state index in [9.17, 15) is 4.79 Å². The minimum Gasteiger partial charge on any atom is -0.378 e. The number of piperazine rings is 1. The number of carbonyl (C=O) groups excluding carboxylic acids is 1. The molecule has 31 heavy (non-hydrogen) atoms. The van der Waals surface area contributed by atoms with Crippen molar-refractivity contribution in [1.82, 2.24) is 15.0 Å². The lowest BCUT2D eigenvalue weighted by atomic mass is 10.1. The molecule has 1 aliphatic carbocycles. The van der Waals surface area contributed by atoms with Crippen LogP contribution in [0, 0.1) is 0 Å². The van der Waals surface area contributed by atoms with Crippen LogP contribution in [-0.4, -0.2) is 61.2 Å². The van der Waals surface area contributed by atoms with Crippen LogP contribution in [-0.2, 0) is 0 Å². The van der Waals surface area contributed by atoms with E-state index in [1.54, 1.807) is 0 Å². The molecule has 0 N–H and O–H groups in total. The smallest absolute Gasteiger partial charge is 0.254 e. The van der Waals surface area contributed by atoms with Gasteiger partial charge in [0.1, 0.15) is 0 Å². The summed E-state index contributed by atoms with van der Waals surface area (Å²) in [7, 11) is 3.97. The number of benzene rings is 2. The van der Waals surface area contributed by atoms with Gasteiger partial charge in [-0.05, 0) is 55.3 Å². The monoisotopic (exact) mass is 417 g/mol. The van der Waals surface area contributed by atoms with Crippen LogP contribution in [0.1, 0.15) is 35.0 Å². The molecule has 7 heteroatoms. The number of rotatable bonds is 5. The molecule has 1 amide bonds. The minimum absolute atomic E-state index is 0.0993. The molecule has 1 aromatic heterocycles. The molecule has 3 aromatic rings. The van der Waals surface area contributed by atoms with E-state index in [2.05, 4.69) is 27.2 Å². The van der Waals surface area contributed by atoms with Gasteiger partial charge in [0.15, 0.2) is 0 Å². The van der Waals surface area contributed by atoms with Gasteiger partial charge in [0.05, 0.1) is 0 Å². The standard InChI is InChI=1S/C24H27N5O2/c1-27(2)21-5-3-4-19(16-21)24(30)29-14-12-28(13-15-29)20-10-8-17(9-11-20)22-25-23(31-26-22)18-6-7-18/h3-5,8-11,16,18H,6-7,12-15H2,1-2H3. The van der Waals surface area contributed by atoms with Crippen molar-refractivity contribution in [2.75, 3.05) is 50.1 Å². The lowest BCUT2D eigenvalue weighted by Gasteiger charge is -2.36. The zero-order valence-corrected chi connectivity index (χ0v) is 18.0. The Morgan fingerprint density at radius 2 is 1.77 bits per heavy atom. The van der Waals surface area contributed by atoms with Crippen LogP contribution in [0.5, 0.6) is 0 Å². The average Bonchev–Trinajstić information content (AvgIpc) is 3.55. The van der Waals surface area contributed by atoms with Crippen molar-refractivity contribution in [2.24, 2.45) is 0 Å². The van der Waals surface area contributed by atoms with Crippen molar-refractivity contribution in [2.45, 2.75) is 18.8 Å². The van der Waals surface area contributed by atoms with Crippen molar-refractivity contribution in [3.05, 3.63) is 60.0 Å². The largest absolute Gasteiger partial charge is 0.378 e. The summed E-state index contributed by atoms with van der Waals surface area (Å²) in [5, 5.41) is 4.12. The van der Waals surface area contributed by atoms with Gasteiger partial charge in [-0.15, -0.1) is 0 Å². The summed E-state index contributed by atoms with van der Waals surface area (Å²) >= 11 is 0. The van der Waals surface area contributed by atoms with Crippen molar-refractivity contribution in [3.8, 4) is 11.4 Å². The van der Waals surface area contributed by atoms with Gasteiger partial charge in [-0.25, -0.2) is 0 Å². The third kappa shape index (κ3) is 4.13. The summed E-state index contributed by atoms with van der Waals surface area (Å²) in [6.45, 7) is 3.05. The van der Waals surface area contributed by atoms with E-state index in [0.717, 1.165) is 54.3 Å². The van der Waals surface area contributed by atoms with Gasteiger partial charge in [-0.1, -0.05) is 11.2 Å². The number of hydrogen-bond acceptors (Lipinski definition) is 6. The molecule has 160 valence electrons. The zero-order chi connectivity index (χ0) is 21.4. The summed E-state index contributed by atoms with van der Waals surface area (Å²) in [5.41, 5.74) is 3.90. The third-order valence-corrected chi connectivity index (χ3v) is 6.04. The van der Waals surface area contributed by atoms with E-state index in [-0.39, 0.29) is 5.91 Å². The molecule has 0 atom stereocenters. The van der Waals surface area contributed by atoms with Crippen LogP contribution in [0.15, 0.2) is 53.1 Å². The van der Waals surface area contributed by atoms with E-state index < -0.39 is 0 Å². The number of hydrogen-bond donors (Lipinski definition) is 0. The van der Waals surface area contributed by atoms with Crippen LogP contribution >= 0.6 is 0 Å². The van der Waals surface area contributed by atoms with Crippen LogP contribution in [0.3, 0.4) is 0 Å². The van der Waals surface area contributed by atoms with Crippen LogP contribution in [0.25, 0.3) is 11.4 Å². The minimum atomic E-state index is 0.0993. The molecule has 1 aliphatic heterocycles. The first-order valence-electron chi connectivity index (χ1n) is 10.8. The second-order valence-electron chi connectivity index (χ2n) is 8.50. The van der Waals surface area contributed by atoms with Crippen molar-refractivity contribution >= 4 is 17.3 Å². The van der Waals surface area contributed by atoms with E-state index >= 15 is 0 Å². The van der Waals surface area contributed by atoms with E-state index in [4.69, 9.17) is 4.52 Å². The quantitative estimate of drug-likeness (QED) is 0.632. The first kappa shape index (κ1) is 19.6. The summed E-state index contributed by atoms with van der Waals surface area (Å²) in [6.07, 6.45) is 2.30. The zero-order valence-electron chi connectivity index (χ0n) is 18.0. The highest BCUT2D eigenvalue weighted by Crippen LogP contribution is 2.39. The second-order valence-corrected chi connectivity index (χ2v) is 8.50. The molecule has 2 fully saturated rings. The molecular weight excluding hydrogens is 390 g/mol. The van der Waals surface area contributed by atoms with Gasteiger partial charge >= 0.3 is 0 Å². The Hall–Kier alpha value is -3.35. The Kier molecular flexibility index (Phi) is 5.10. The molecule has 0 bridgehead atoms. The summed E-state index contributed by atoms with van der Waals surface area (Å²) in [4.78, 5) is 23.7. The number of carbonyl (C=O) groups is 1. The SMILES string of the molecule is CN(C)c1cccc(C(=O)N2CCN(c3ccc(-c4noc(C5CC5)n4)cc3)CC2)c1. The van der Waals surface area contributed by atoms with Crippen LogP contribution in [0.4, 0.5) is 11.4 Å². The van der Waals surface area contributed by atoms with E-state index in [0.29, 0.717) is 24.8 Å². The molecule has 2 aromatic carbocycles. The predicted octanol–water partition coefficient (Wildman–Crippen LogP) is 3.64. The Bertz CT molecular complexity index is 1060. The van der Waals surface area contributed by atoms with Gasteiger partial charge in [-0.2, -0.15) is 4.98 Å². The molecule has 2 heterocycles. The highest BCUT2D eigenvalue weighted by atomic mass is 16.5. The van der Waals surface area contributed by atoms with Crippen LogP contribution < -0.4 is 9.80 Å². The number of anilines is 2. The van der Waals surface area contributed by atoms with Gasteiger partial charge in [0.25, 0.3) is 5.91 Å².